The molecule has 0 radical (unpaired) electrons. The molecule has 0 saturated carbocycles. The smallest absolute Gasteiger partial charge is 0.200 e. The highest BCUT2D eigenvalue weighted by Crippen LogP contribution is 2.27. The van der Waals surface area contributed by atoms with Crippen molar-refractivity contribution in [3.05, 3.63) is 132 Å². The van der Waals surface area contributed by atoms with Gasteiger partial charge in [0.1, 0.15) is 5.82 Å². The van der Waals surface area contributed by atoms with E-state index in [1.807, 2.05) is 37.3 Å². The molecule has 0 amide bonds. The highest BCUT2D eigenvalue weighted by Gasteiger charge is 2.15. The van der Waals surface area contributed by atoms with Crippen LogP contribution in [0.3, 0.4) is 0 Å². The van der Waals surface area contributed by atoms with Crippen molar-refractivity contribution in [2.45, 2.75) is 26.7 Å². The Hall–Kier alpha value is -3.53. The number of hydrogen-bond donors (Lipinski definition) is 0. The number of benzene rings is 2. The number of rotatable bonds is 11. The zero-order valence-corrected chi connectivity index (χ0v) is 19.2. The molecule has 0 heterocycles. The SMILES string of the molecule is C=C(/C=C\C(=C)C(=C)/C(F)=C(/F)C(=C)OCC)CCc1ccc(-c2ccc(C)cc2)cc1F. The molecular formula is C29H29F3O. The summed E-state index contributed by atoms with van der Waals surface area (Å²) in [5.74, 6) is -3.06. The molecule has 0 unspecified atom stereocenters. The van der Waals surface area contributed by atoms with E-state index in [1.54, 1.807) is 19.1 Å². The van der Waals surface area contributed by atoms with Crippen molar-refractivity contribution in [2.24, 2.45) is 0 Å². The van der Waals surface area contributed by atoms with Gasteiger partial charge < -0.3 is 4.74 Å². The maximum atomic E-state index is 14.6. The molecule has 0 aliphatic heterocycles. The molecule has 0 aliphatic rings. The second kappa shape index (κ2) is 11.9. The number of ether oxygens (including phenoxy) is 1. The summed E-state index contributed by atoms with van der Waals surface area (Å²) in [7, 11) is 0. The second-order valence-electron chi connectivity index (χ2n) is 7.65. The van der Waals surface area contributed by atoms with Gasteiger partial charge in [-0.25, -0.2) is 8.78 Å². The lowest BCUT2D eigenvalue weighted by molar-refractivity contribution is 0.224. The van der Waals surface area contributed by atoms with Crippen molar-refractivity contribution in [1.29, 1.82) is 0 Å². The topological polar surface area (TPSA) is 9.23 Å². The number of halogens is 3. The molecule has 2 aromatic rings. The van der Waals surface area contributed by atoms with Crippen LogP contribution in [-0.2, 0) is 11.2 Å². The van der Waals surface area contributed by atoms with Gasteiger partial charge in [0.05, 0.1) is 6.61 Å². The van der Waals surface area contributed by atoms with Crippen molar-refractivity contribution in [2.75, 3.05) is 6.61 Å². The van der Waals surface area contributed by atoms with Crippen LogP contribution in [0.1, 0.15) is 24.5 Å². The molecule has 1 nitrogen and oxygen atoms in total. The lowest BCUT2D eigenvalue weighted by Crippen LogP contribution is -1.96. The van der Waals surface area contributed by atoms with E-state index >= 15 is 0 Å². The third-order valence-corrected chi connectivity index (χ3v) is 5.08. The lowest BCUT2D eigenvalue weighted by Gasteiger charge is -2.09. The van der Waals surface area contributed by atoms with Gasteiger partial charge in [-0.05, 0) is 55.0 Å². The Morgan fingerprint density at radius 1 is 0.909 bits per heavy atom. The summed E-state index contributed by atoms with van der Waals surface area (Å²) >= 11 is 0. The van der Waals surface area contributed by atoms with Crippen molar-refractivity contribution >= 4 is 0 Å². The average molecular weight is 451 g/mol. The summed E-state index contributed by atoms with van der Waals surface area (Å²) in [6.45, 7) is 18.3. The van der Waals surface area contributed by atoms with Gasteiger partial charge >= 0.3 is 0 Å². The molecule has 0 aromatic heterocycles. The first-order valence-electron chi connectivity index (χ1n) is 10.6. The first kappa shape index (κ1) is 25.7. The molecule has 0 aliphatic carbocycles. The molecule has 2 aromatic carbocycles. The third kappa shape index (κ3) is 7.25. The molecule has 2 rings (SSSR count). The minimum atomic E-state index is -1.21. The normalized spacial score (nSPS) is 11.8. The Morgan fingerprint density at radius 3 is 2.15 bits per heavy atom. The summed E-state index contributed by atoms with van der Waals surface area (Å²) in [5, 5.41) is 0. The van der Waals surface area contributed by atoms with Crippen LogP contribution in [0.25, 0.3) is 11.1 Å². The highest BCUT2D eigenvalue weighted by atomic mass is 19.2. The van der Waals surface area contributed by atoms with E-state index < -0.39 is 17.4 Å². The molecule has 4 heteroatoms. The van der Waals surface area contributed by atoms with Crippen LogP contribution >= 0.6 is 0 Å². The Balaban J connectivity index is 1.97. The van der Waals surface area contributed by atoms with Crippen LogP contribution in [0.2, 0.25) is 0 Å². The lowest BCUT2D eigenvalue weighted by atomic mass is 9.99. The summed E-state index contributed by atoms with van der Waals surface area (Å²) in [6, 6.07) is 13.1. The maximum absolute atomic E-state index is 14.6. The standard InChI is InChI=1S/C29H29F3O/c1-7-33-23(6)29(32)28(31)22(5)21(4)12-8-19(2)11-15-25-16-17-26(18-27(25)30)24-13-9-20(3)10-14-24/h8-10,12-14,16-18H,2,4-7,11,15H2,1,3H3/b12-8-,29-28-. The Kier molecular flexibility index (Phi) is 9.29. The summed E-state index contributed by atoms with van der Waals surface area (Å²) in [4.78, 5) is 0. The largest absolute Gasteiger partial charge is 0.491 e. The van der Waals surface area contributed by atoms with E-state index in [-0.39, 0.29) is 23.6 Å². The van der Waals surface area contributed by atoms with Gasteiger partial charge in [-0.3, -0.25) is 0 Å². The molecule has 0 saturated heterocycles. The number of aryl methyl sites for hydroxylation is 2. The first-order chi connectivity index (χ1) is 15.6. The van der Waals surface area contributed by atoms with Gasteiger partial charge in [-0.1, -0.05) is 86.0 Å². The van der Waals surface area contributed by atoms with Crippen molar-refractivity contribution in [3.63, 3.8) is 0 Å². The van der Waals surface area contributed by atoms with Crippen LogP contribution in [-0.4, -0.2) is 6.61 Å². The fourth-order valence-electron chi connectivity index (χ4n) is 3.01. The maximum Gasteiger partial charge on any atom is 0.200 e. The number of hydrogen-bond acceptors (Lipinski definition) is 1. The molecule has 33 heavy (non-hydrogen) atoms. The van der Waals surface area contributed by atoms with Gasteiger partial charge in [-0.15, -0.1) is 0 Å². The fraction of sp³-hybridized carbons (Fsp3) is 0.172. The zero-order valence-electron chi connectivity index (χ0n) is 19.2. The summed E-state index contributed by atoms with van der Waals surface area (Å²) < 4.78 is 47.7. The van der Waals surface area contributed by atoms with Gasteiger partial charge in [-0.2, -0.15) is 4.39 Å². The zero-order chi connectivity index (χ0) is 24.5. The van der Waals surface area contributed by atoms with Gasteiger partial charge in [0, 0.05) is 5.57 Å². The fourth-order valence-corrected chi connectivity index (χ4v) is 3.01. The van der Waals surface area contributed by atoms with Crippen LogP contribution in [0.4, 0.5) is 13.2 Å². The highest BCUT2D eigenvalue weighted by molar-refractivity contribution is 5.64. The van der Waals surface area contributed by atoms with E-state index in [0.717, 1.165) is 16.7 Å². The van der Waals surface area contributed by atoms with E-state index in [0.29, 0.717) is 24.0 Å². The van der Waals surface area contributed by atoms with Crippen LogP contribution in [0, 0.1) is 12.7 Å². The third-order valence-electron chi connectivity index (χ3n) is 5.08. The summed E-state index contributed by atoms with van der Waals surface area (Å²) in [5.41, 5.74) is 4.16. The second-order valence-corrected chi connectivity index (χ2v) is 7.65. The van der Waals surface area contributed by atoms with E-state index in [9.17, 15) is 13.2 Å². The van der Waals surface area contributed by atoms with E-state index in [4.69, 9.17) is 4.74 Å². The molecule has 0 fully saturated rings. The molecule has 172 valence electrons. The Bertz CT molecular complexity index is 1120. The Labute approximate surface area is 194 Å². The van der Waals surface area contributed by atoms with Crippen molar-refractivity contribution in [1.82, 2.24) is 0 Å². The average Bonchev–Trinajstić information content (AvgIpc) is 2.80. The molecule has 0 atom stereocenters. The quantitative estimate of drug-likeness (QED) is 0.246. The monoisotopic (exact) mass is 450 g/mol. The Morgan fingerprint density at radius 2 is 1.55 bits per heavy atom. The van der Waals surface area contributed by atoms with E-state index in [2.05, 4.69) is 26.3 Å². The van der Waals surface area contributed by atoms with Crippen molar-refractivity contribution < 1.29 is 17.9 Å². The molecule has 0 bridgehead atoms. The van der Waals surface area contributed by atoms with Crippen LogP contribution < -0.4 is 0 Å². The summed E-state index contributed by atoms with van der Waals surface area (Å²) in [6.07, 6.45) is 4.07. The predicted octanol–water partition coefficient (Wildman–Crippen LogP) is 8.66. The van der Waals surface area contributed by atoms with Crippen molar-refractivity contribution in [3.8, 4) is 11.1 Å². The van der Waals surface area contributed by atoms with E-state index in [1.165, 1.54) is 12.1 Å². The number of allylic oxidation sites excluding steroid dienone is 7. The van der Waals surface area contributed by atoms with Gasteiger partial charge in [0.15, 0.2) is 11.6 Å². The molecule has 0 N–H and O–H groups in total. The minimum Gasteiger partial charge on any atom is -0.491 e. The van der Waals surface area contributed by atoms with Gasteiger partial charge in [0.2, 0.25) is 5.83 Å². The van der Waals surface area contributed by atoms with Gasteiger partial charge in [0.25, 0.3) is 0 Å². The predicted molar refractivity (Wildman–Crippen MR) is 131 cm³/mol. The minimum absolute atomic E-state index is 0.169. The molecule has 0 spiro atoms. The van der Waals surface area contributed by atoms with Crippen LogP contribution in [0.15, 0.2) is 115 Å². The molecular weight excluding hydrogens is 421 g/mol. The van der Waals surface area contributed by atoms with Crippen LogP contribution in [0.5, 0.6) is 0 Å². The first-order valence-corrected chi connectivity index (χ1v) is 10.6.